The van der Waals surface area contributed by atoms with Crippen molar-refractivity contribution in [2.45, 2.75) is 96.5 Å². The second-order valence-corrected chi connectivity index (χ2v) is 17.3. The van der Waals surface area contributed by atoms with Crippen LogP contribution in [0.5, 0.6) is 17.2 Å². The Balaban J connectivity index is 0.781. The molecule has 1 unspecified atom stereocenters. The van der Waals surface area contributed by atoms with E-state index in [4.69, 9.17) is 14.2 Å². The van der Waals surface area contributed by atoms with Gasteiger partial charge >= 0.3 is 0 Å². The van der Waals surface area contributed by atoms with E-state index in [0.717, 1.165) is 73.9 Å². The van der Waals surface area contributed by atoms with Gasteiger partial charge in [0, 0.05) is 36.3 Å². The van der Waals surface area contributed by atoms with Crippen LogP contribution in [-0.2, 0) is 34.1 Å². The maximum Gasteiger partial charge on any atom is 0.264 e. The van der Waals surface area contributed by atoms with Crippen molar-refractivity contribution in [2.75, 3.05) is 37.6 Å². The summed E-state index contributed by atoms with van der Waals surface area (Å²) in [5.74, 6) is 0.223. The Morgan fingerprint density at radius 3 is 2.31 bits per heavy atom. The van der Waals surface area contributed by atoms with E-state index >= 15 is 0 Å². The molecule has 3 aliphatic rings. The molecule has 1 fully saturated rings. The minimum Gasteiger partial charge on any atom is -0.493 e. The van der Waals surface area contributed by atoms with Gasteiger partial charge in [-0.2, -0.15) is 11.8 Å². The highest BCUT2D eigenvalue weighted by Gasteiger charge is 2.43. The largest absolute Gasteiger partial charge is 0.493 e. The number of rotatable bonds is 23. The molecule has 0 bridgehead atoms. The van der Waals surface area contributed by atoms with Gasteiger partial charge in [0.25, 0.3) is 17.7 Å². The van der Waals surface area contributed by atoms with E-state index in [9.17, 15) is 28.8 Å². The third-order valence-electron chi connectivity index (χ3n) is 12.0. The second-order valence-electron chi connectivity index (χ2n) is 16.4. The summed E-state index contributed by atoms with van der Waals surface area (Å²) >= 11 is 1.53. The number of carbonyl (C=O) groups excluding carboxylic acids is 6. The number of imide groups is 2. The summed E-state index contributed by atoms with van der Waals surface area (Å²) in [6.07, 6.45) is 8.64. The number of thioether (sulfide) groups is 1. The van der Waals surface area contributed by atoms with Gasteiger partial charge in [-0.1, -0.05) is 68.1 Å². The Labute approximate surface area is 384 Å². The molecule has 4 aromatic carbocycles. The lowest BCUT2D eigenvalue weighted by atomic mass is 10.0. The Morgan fingerprint density at radius 1 is 0.815 bits per heavy atom. The molecule has 2 atom stereocenters. The van der Waals surface area contributed by atoms with Crippen LogP contribution in [0.2, 0.25) is 0 Å². The zero-order chi connectivity index (χ0) is 45.9. The second kappa shape index (κ2) is 22.1. The topological polar surface area (TPSA) is 173 Å². The summed E-state index contributed by atoms with van der Waals surface area (Å²) < 4.78 is 17.4. The van der Waals surface area contributed by atoms with Gasteiger partial charge in [-0.05, 0) is 92.1 Å². The first kappa shape index (κ1) is 46.8. The summed E-state index contributed by atoms with van der Waals surface area (Å²) in [6, 6.07) is 22.8. The van der Waals surface area contributed by atoms with E-state index in [1.54, 1.807) is 43.5 Å². The zero-order valence-electron chi connectivity index (χ0n) is 37.2. The number of unbranched alkanes of at least 4 members (excludes halogenated alkanes) is 5. The maximum absolute atomic E-state index is 14.0. The lowest BCUT2D eigenvalue weighted by Gasteiger charge is -2.29. The van der Waals surface area contributed by atoms with Crippen molar-refractivity contribution >= 4 is 52.9 Å². The highest BCUT2D eigenvalue weighted by molar-refractivity contribution is 7.98. The Bertz CT molecular complexity index is 2410. The predicted octanol–water partition coefficient (Wildman–Crippen LogP) is 7.59. The van der Waals surface area contributed by atoms with Crippen LogP contribution in [0.25, 0.3) is 0 Å². The number of anilines is 1. The monoisotopic (exact) mass is 903 g/mol. The van der Waals surface area contributed by atoms with Crippen molar-refractivity contribution < 1.29 is 43.0 Å². The number of fused-ring (bicyclic) bond motifs is 2. The number of benzene rings is 4. The first-order valence-corrected chi connectivity index (χ1v) is 23.8. The number of methoxy groups -OCH3 is 1. The van der Waals surface area contributed by atoms with Gasteiger partial charge in [-0.15, -0.1) is 0 Å². The van der Waals surface area contributed by atoms with Crippen molar-refractivity contribution in [3.63, 3.8) is 0 Å². The van der Waals surface area contributed by atoms with E-state index in [1.807, 2.05) is 43.5 Å². The Morgan fingerprint density at radius 2 is 1.55 bits per heavy atom. The number of piperidine rings is 1. The average molecular weight is 904 g/mol. The summed E-state index contributed by atoms with van der Waals surface area (Å²) in [4.78, 5) is 80.8. The van der Waals surface area contributed by atoms with Gasteiger partial charge in [0.15, 0.2) is 11.5 Å². The van der Waals surface area contributed by atoms with Crippen LogP contribution in [0.1, 0.15) is 124 Å². The van der Waals surface area contributed by atoms with Crippen LogP contribution >= 0.6 is 11.8 Å². The van der Waals surface area contributed by atoms with E-state index in [1.165, 1.54) is 21.6 Å². The average Bonchev–Trinajstić information content (AvgIpc) is 3.77. The molecule has 1 saturated heterocycles. The molecular formula is C50H57N5O9S. The molecule has 0 aromatic heterocycles. The van der Waals surface area contributed by atoms with Gasteiger partial charge < -0.3 is 29.7 Å². The van der Waals surface area contributed by atoms with Crippen molar-refractivity contribution in [3.05, 3.63) is 118 Å². The van der Waals surface area contributed by atoms with Crippen LogP contribution in [0.15, 0.2) is 78.9 Å². The molecule has 0 aliphatic carbocycles. The van der Waals surface area contributed by atoms with Crippen LogP contribution in [0.4, 0.5) is 5.69 Å². The number of carbonyl (C=O) groups is 6. The van der Waals surface area contributed by atoms with Crippen molar-refractivity contribution in [1.29, 1.82) is 0 Å². The summed E-state index contributed by atoms with van der Waals surface area (Å²) in [5.41, 5.74) is 5.05. The third kappa shape index (κ3) is 11.0. The molecule has 0 spiro atoms. The van der Waals surface area contributed by atoms with Crippen molar-refractivity contribution in [2.24, 2.45) is 0 Å². The molecule has 3 N–H and O–H groups in total. The molecule has 14 nitrogen and oxygen atoms in total. The molecule has 65 heavy (non-hydrogen) atoms. The number of nitrogens with zero attached hydrogens (tertiary/aromatic N) is 2. The van der Waals surface area contributed by atoms with Crippen molar-refractivity contribution in [1.82, 2.24) is 20.4 Å². The smallest absolute Gasteiger partial charge is 0.264 e. The number of amides is 6. The normalized spacial score (nSPS) is 16.0. The van der Waals surface area contributed by atoms with E-state index in [2.05, 4.69) is 28.1 Å². The standard InChI is InChI=1S/C50H57N5O9S/c1-4-63-43-27-34(22-24-42(43)62-2)40(31-65-3)55-49(60)36-14-11-15-38(46(36)50(55)61)52-44(56)17-9-7-5-6-8-10-26-51-28-32-18-20-33(21-19-32)30-64-41-16-12-13-35-37(41)29-54(48(35)59)39-23-25-45(57)53-47(39)58/h11-16,18-22,24,27,39-40,51H,4-10,17,23,25-26,28-31H2,1-3H3,(H,52,56)(H,53,57,58)/t39?,40-/m1/s1. The molecule has 0 saturated carbocycles. The highest BCUT2D eigenvalue weighted by atomic mass is 32.2. The fraction of sp³-hybridized carbons (Fsp3) is 0.400. The molecule has 7 rings (SSSR count). The number of nitrogens with one attached hydrogen (secondary N) is 3. The minimum atomic E-state index is -0.671. The fourth-order valence-corrected chi connectivity index (χ4v) is 9.29. The number of hydrogen-bond donors (Lipinski definition) is 3. The van der Waals surface area contributed by atoms with E-state index in [0.29, 0.717) is 60.3 Å². The first-order chi connectivity index (χ1) is 31.6. The van der Waals surface area contributed by atoms with Crippen LogP contribution in [-0.4, -0.2) is 83.6 Å². The van der Waals surface area contributed by atoms with Gasteiger partial charge in [-0.3, -0.25) is 39.0 Å². The Kier molecular flexibility index (Phi) is 15.9. The van der Waals surface area contributed by atoms with Gasteiger partial charge in [-0.25, -0.2) is 0 Å². The fourth-order valence-electron chi connectivity index (χ4n) is 8.63. The molecule has 3 aliphatic heterocycles. The Hall–Kier alpha value is -6.19. The molecule has 342 valence electrons. The molecular weight excluding hydrogens is 847 g/mol. The van der Waals surface area contributed by atoms with Crippen LogP contribution < -0.4 is 30.2 Å². The quantitative estimate of drug-likeness (QED) is 0.0495. The van der Waals surface area contributed by atoms with Gasteiger partial charge in [0.1, 0.15) is 18.4 Å². The summed E-state index contributed by atoms with van der Waals surface area (Å²) in [5, 5.41) is 8.78. The number of hydrogen-bond acceptors (Lipinski definition) is 11. The SMILES string of the molecule is CCOc1cc([C@@H](CSC)N2C(=O)c3cccc(NC(=O)CCCCCCCCNCc4ccc(COc5cccc6c5CN(C5CCC(=O)NC5=O)C6=O)cc4)c3C2=O)ccc1OC. The van der Waals surface area contributed by atoms with Gasteiger partial charge in [0.2, 0.25) is 17.7 Å². The van der Waals surface area contributed by atoms with E-state index < -0.39 is 29.8 Å². The minimum absolute atomic E-state index is 0.184. The molecule has 15 heteroatoms. The molecule has 3 heterocycles. The molecule has 6 amide bonds. The van der Waals surface area contributed by atoms with Gasteiger partial charge in [0.05, 0.1) is 43.1 Å². The lowest BCUT2D eigenvalue weighted by molar-refractivity contribution is -0.137. The first-order valence-electron chi connectivity index (χ1n) is 22.4. The summed E-state index contributed by atoms with van der Waals surface area (Å²) in [7, 11) is 1.57. The highest BCUT2D eigenvalue weighted by Crippen LogP contribution is 2.39. The predicted molar refractivity (Wildman–Crippen MR) is 248 cm³/mol. The molecule has 4 aromatic rings. The molecule has 0 radical (unpaired) electrons. The van der Waals surface area contributed by atoms with Crippen LogP contribution in [0, 0.1) is 0 Å². The lowest BCUT2D eigenvalue weighted by Crippen LogP contribution is -2.52. The summed E-state index contributed by atoms with van der Waals surface area (Å²) in [6.45, 7) is 4.56. The van der Waals surface area contributed by atoms with E-state index in [-0.39, 0.29) is 41.8 Å². The maximum atomic E-state index is 14.0. The van der Waals surface area contributed by atoms with Crippen molar-refractivity contribution in [3.8, 4) is 17.2 Å². The number of ether oxygens (including phenoxy) is 3. The zero-order valence-corrected chi connectivity index (χ0v) is 38.1. The van der Waals surface area contributed by atoms with Crippen LogP contribution in [0.3, 0.4) is 0 Å². The third-order valence-corrected chi connectivity index (χ3v) is 12.7.